The lowest BCUT2D eigenvalue weighted by atomic mass is 10.2. The zero-order valence-electron chi connectivity index (χ0n) is 18.8. The number of halogens is 2. The lowest BCUT2D eigenvalue weighted by Gasteiger charge is -2.09. The second-order valence-electron chi connectivity index (χ2n) is 7.27. The van der Waals surface area contributed by atoms with E-state index >= 15 is 0 Å². The number of anilines is 1. The molecule has 0 radical (unpaired) electrons. The van der Waals surface area contributed by atoms with Gasteiger partial charge in [0.2, 0.25) is 0 Å². The molecular formula is C23H26Cl2N4O5. The summed E-state index contributed by atoms with van der Waals surface area (Å²) in [5.74, 6) is -1.63. The third kappa shape index (κ3) is 10.2. The predicted molar refractivity (Wildman–Crippen MR) is 131 cm³/mol. The summed E-state index contributed by atoms with van der Waals surface area (Å²) in [6.45, 7) is 4.42. The summed E-state index contributed by atoms with van der Waals surface area (Å²) in [6, 6.07) is 11.4. The van der Waals surface area contributed by atoms with Crippen molar-refractivity contribution in [3.05, 3.63) is 58.1 Å². The molecule has 0 spiro atoms. The molecule has 34 heavy (non-hydrogen) atoms. The van der Waals surface area contributed by atoms with Gasteiger partial charge in [-0.25, -0.2) is 5.43 Å². The number of rotatable bonds is 11. The number of nitrogens with zero attached hydrogens (tertiary/aromatic N) is 1. The molecule has 3 amide bonds. The number of hydrazone groups is 1. The molecule has 0 fully saturated rings. The first-order valence-corrected chi connectivity index (χ1v) is 11.2. The lowest BCUT2D eigenvalue weighted by Crippen LogP contribution is -2.38. The van der Waals surface area contributed by atoms with Crippen LogP contribution in [0.2, 0.25) is 10.0 Å². The molecule has 0 aromatic heterocycles. The summed E-state index contributed by atoms with van der Waals surface area (Å²) in [4.78, 5) is 35.6. The average molecular weight is 509 g/mol. The molecule has 0 aliphatic heterocycles. The Balaban J connectivity index is 1.75. The van der Waals surface area contributed by atoms with Crippen molar-refractivity contribution >= 4 is 52.8 Å². The quantitative estimate of drug-likeness (QED) is 0.186. The number of hydrogen-bond donors (Lipinski definition) is 3. The van der Waals surface area contributed by atoms with Crippen LogP contribution < -0.4 is 20.8 Å². The maximum Gasteiger partial charge on any atom is 0.329 e. The summed E-state index contributed by atoms with van der Waals surface area (Å²) in [5.41, 5.74) is 3.24. The number of carbonyl (C=O) groups is 3. The SMILES string of the molecule is CC(C)OCCCNC(=O)C(=O)N/N=C\c1cccc(OCC(=O)Nc2ccc(Cl)c(Cl)c2)c1. The largest absolute Gasteiger partial charge is 0.484 e. The first-order valence-electron chi connectivity index (χ1n) is 10.4. The van der Waals surface area contributed by atoms with Crippen LogP contribution >= 0.6 is 23.2 Å². The fourth-order valence-corrected chi connectivity index (χ4v) is 2.79. The normalized spacial score (nSPS) is 10.9. The van der Waals surface area contributed by atoms with Crippen LogP contribution in [0.3, 0.4) is 0 Å². The molecule has 2 aromatic carbocycles. The maximum absolute atomic E-state index is 12.1. The number of amides is 3. The Morgan fingerprint density at radius 2 is 1.85 bits per heavy atom. The number of nitrogens with one attached hydrogen (secondary N) is 3. The van der Waals surface area contributed by atoms with Gasteiger partial charge in [-0.2, -0.15) is 5.10 Å². The van der Waals surface area contributed by atoms with Crippen LogP contribution in [-0.2, 0) is 19.1 Å². The molecule has 0 unspecified atom stereocenters. The van der Waals surface area contributed by atoms with E-state index in [1.165, 1.54) is 12.3 Å². The topological polar surface area (TPSA) is 118 Å². The highest BCUT2D eigenvalue weighted by atomic mass is 35.5. The van der Waals surface area contributed by atoms with E-state index < -0.39 is 11.8 Å². The molecule has 2 rings (SSSR count). The molecular weight excluding hydrogens is 483 g/mol. The van der Waals surface area contributed by atoms with E-state index in [4.69, 9.17) is 32.7 Å². The average Bonchev–Trinajstić information content (AvgIpc) is 2.80. The number of benzene rings is 2. The van der Waals surface area contributed by atoms with Crippen LogP contribution in [0.5, 0.6) is 5.75 Å². The smallest absolute Gasteiger partial charge is 0.329 e. The van der Waals surface area contributed by atoms with E-state index in [1.54, 1.807) is 36.4 Å². The summed E-state index contributed by atoms with van der Waals surface area (Å²) < 4.78 is 10.8. The molecule has 11 heteroatoms. The Hall–Kier alpha value is -3.14. The maximum atomic E-state index is 12.1. The van der Waals surface area contributed by atoms with Gasteiger partial charge in [0.05, 0.1) is 22.4 Å². The van der Waals surface area contributed by atoms with E-state index in [2.05, 4.69) is 21.2 Å². The third-order valence-corrected chi connectivity index (χ3v) is 4.81. The van der Waals surface area contributed by atoms with Crippen molar-refractivity contribution in [2.45, 2.75) is 26.4 Å². The van der Waals surface area contributed by atoms with E-state index in [9.17, 15) is 14.4 Å². The van der Waals surface area contributed by atoms with Crippen molar-refractivity contribution in [1.29, 1.82) is 0 Å². The van der Waals surface area contributed by atoms with E-state index in [0.717, 1.165) is 0 Å². The number of hydrogen-bond acceptors (Lipinski definition) is 6. The van der Waals surface area contributed by atoms with Crippen molar-refractivity contribution in [3.63, 3.8) is 0 Å². The molecule has 182 valence electrons. The molecule has 0 heterocycles. The lowest BCUT2D eigenvalue weighted by molar-refractivity contribution is -0.139. The summed E-state index contributed by atoms with van der Waals surface area (Å²) in [7, 11) is 0. The van der Waals surface area contributed by atoms with Crippen LogP contribution in [-0.4, -0.2) is 49.8 Å². The van der Waals surface area contributed by atoms with Crippen LogP contribution in [0, 0.1) is 0 Å². The molecule has 0 aliphatic carbocycles. The molecule has 0 saturated carbocycles. The van der Waals surface area contributed by atoms with Gasteiger partial charge in [-0.15, -0.1) is 0 Å². The van der Waals surface area contributed by atoms with Gasteiger partial charge in [0.1, 0.15) is 5.75 Å². The molecule has 2 aromatic rings. The third-order valence-electron chi connectivity index (χ3n) is 4.08. The molecule has 0 atom stereocenters. The number of carbonyl (C=O) groups excluding carboxylic acids is 3. The summed E-state index contributed by atoms with van der Waals surface area (Å²) >= 11 is 11.8. The van der Waals surface area contributed by atoms with Gasteiger partial charge in [-0.3, -0.25) is 14.4 Å². The Bertz CT molecular complexity index is 1030. The first kappa shape index (κ1) is 27.1. The monoisotopic (exact) mass is 508 g/mol. The minimum absolute atomic E-state index is 0.114. The predicted octanol–water partition coefficient (Wildman–Crippen LogP) is 3.39. The highest BCUT2D eigenvalue weighted by Crippen LogP contribution is 2.25. The van der Waals surface area contributed by atoms with Crippen LogP contribution in [0.25, 0.3) is 0 Å². The van der Waals surface area contributed by atoms with Crippen LogP contribution in [0.15, 0.2) is 47.6 Å². The van der Waals surface area contributed by atoms with E-state index in [-0.39, 0.29) is 18.6 Å². The van der Waals surface area contributed by atoms with Crippen molar-refractivity contribution in [2.75, 3.05) is 25.1 Å². The van der Waals surface area contributed by atoms with Crippen molar-refractivity contribution < 1.29 is 23.9 Å². The summed E-state index contributed by atoms with van der Waals surface area (Å²) in [5, 5.41) is 9.62. The van der Waals surface area contributed by atoms with Gasteiger partial charge >= 0.3 is 11.8 Å². The van der Waals surface area contributed by atoms with Crippen LogP contribution in [0.4, 0.5) is 5.69 Å². The Morgan fingerprint density at radius 3 is 2.59 bits per heavy atom. The molecule has 0 aliphatic rings. The summed E-state index contributed by atoms with van der Waals surface area (Å²) in [6.07, 6.45) is 2.06. The van der Waals surface area contributed by atoms with Crippen molar-refractivity contribution in [3.8, 4) is 5.75 Å². The highest BCUT2D eigenvalue weighted by molar-refractivity contribution is 6.42. The highest BCUT2D eigenvalue weighted by Gasteiger charge is 2.11. The number of ether oxygens (including phenoxy) is 2. The second-order valence-corrected chi connectivity index (χ2v) is 8.08. The van der Waals surface area contributed by atoms with E-state index in [1.807, 2.05) is 13.8 Å². The minimum atomic E-state index is -0.882. The Kier molecular flexibility index (Phi) is 11.3. The van der Waals surface area contributed by atoms with Gasteiger partial charge in [0, 0.05) is 18.8 Å². The zero-order chi connectivity index (χ0) is 24.9. The molecule has 9 nitrogen and oxygen atoms in total. The second kappa shape index (κ2) is 14.2. The standard InChI is InChI=1S/C23H26Cl2N4O5/c1-15(2)33-10-4-9-26-22(31)23(32)29-27-13-16-5-3-6-18(11-16)34-14-21(30)28-17-7-8-19(24)20(25)12-17/h3,5-8,11-13,15H,4,9-10,14H2,1-2H3,(H,26,31)(H,28,30)(H,29,32)/b27-13-. The first-order chi connectivity index (χ1) is 16.2. The van der Waals surface area contributed by atoms with Gasteiger partial charge in [-0.05, 0) is 56.2 Å². The van der Waals surface area contributed by atoms with Crippen molar-refractivity contribution in [1.82, 2.24) is 10.7 Å². The van der Waals surface area contributed by atoms with Gasteiger partial charge in [0.25, 0.3) is 5.91 Å². The fraction of sp³-hybridized carbons (Fsp3) is 0.304. The van der Waals surface area contributed by atoms with Gasteiger partial charge in [0.15, 0.2) is 6.61 Å². The molecule has 3 N–H and O–H groups in total. The Morgan fingerprint density at radius 1 is 1.06 bits per heavy atom. The van der Waals surface area contributed by atoms with E-state index in [0.29, 0.717) is 46.6 Å². The van der Waals surface area contributed by atoms with Crippen LogP contribution in [0.1, 0.15) is 25.8 Å². The van der Waals surface area contributed by atoms with Crippen molar-refractivity contribution in [2.24, 2.45) is 5.10 Å². The minimum Gasteiger partial charge on any atom is -0.484 e. The fourth-order valence-electron chi connectivity index (χ4n) is 2.49. The van der Waals surface area contributed by atoms with Gasteiger partial charge in [-0.1, -0.05) is 35.3 Å². The molecule has 0 saturated heterocycles. The Labute approximate surface area is 207 Å². The zero-order valence-corrected chi connectivity index (χ0v) is 20.3. The van der Waals surface area contributed by atoms with Gasteiger partial charge < -0.3 is 20.1 Å². The molecule has 0 bridgehead atoms.